The third-order valence-electron chi connectivity index (χ3n) is 2.39. The standard InChI is InChI=1S/C11H10ClN5O3/c1-5-3-6(2)8(7(4-5)17(18)19)20-11-15-9(12)14-10(13)16-11/h3-4H,1-2H3,(H2,13,14,15,16). The highest BCUT2D eigenvalue weighted by Gasteiger charge is 2.20. The van der Waals surface area contributed by atoms with Crippen molar-refractivity contribution in [1.29, 1.82) is 0 Å². The average molecular weight is 296 g/mol. The normalized spacial score (nSPS) is 10.3. The number of aromatic nitrogens is 3. The smallest absolute Gasteiger partial charge is 0.328 e. The van der Waals surface area contributed by atoms with E-state index in [1.54, 1.807) is 19.9 Å². The molecule has 8 nitrogen and oxygen atoms in total. The Morgan fingerprint density at radius 2 is 2.00 bits per heavy atom. The van der Waals surface area contributed by atoms with Gasteiger partial charge in [-0.1, -0.05) is 6.07 Å². The van der Waals surface area contributed by atoms with Crippen LogP contribution in [-0.4, -0.2) is 19.9 Å². The number of nitrogens with zero attached hydrogens (tertiary/aromatic N) is 4. The van der Waals surface area contributed by atoms with Gasteiger partial charge < -0.3 is 10.5 Å². The van der Waals surface area contributed by atoms with E-state index in [2.05, 4.69) is 15.0 Å². The lowest BCUT2D eigenvalue weighted by Crippen LogP contribution is -2.03. The minimum absolute atomic E-state index is 0.0438. The Kier molecular flexibility index (Phi) is 3.66. The minimum Gasteiger partial charge on any atom is -0.416 e. The molecule has 0 spiro atoms. The van der Waals surface area contributed by atoms with Crippen LogP contribution in [0.1, 0.15) is 11.1 Å². The van der Waals surface area contributed by atoms with Gasteiger partial charge in [-0.2, -0.15) is 15.0 Å². The Balaban J connectivity index is 2.50. The molecule has 0 amide bonds. The molecular formula is C11H10ClN5O3. The van der Waals surface area contributed by atoms with Crippen molar-refractivity contribution in [2.75, 3.05) is 5.73 Å². The van der Waals surface area contributed by atoms with E-state index in [1.165, 1.54) is 6.07 Å². The van der Waals surface area contributed by atoms with Crippen LogP contribution < -0.4 is 10.5 Å². The number of anilines is 1. The third kappa shape index (κ3) is 2.91. The van der Waals surface area contributed by atoms with E-state index in [0.29, 0.717) is 5.56 Å². The second-order valence-corrected chi connectivity index (χ2v) is 4.37. The number of rotatable bonds is 3. The maximum absolute atomic E-state index is 11.1. The van der Waals surface area contributed by atoms with Gasteiger partial charge in [0.05, 0.1) is 4.92 Å². The lowest BCUT2D eigenvalue weighted by Gasteiger charge is -2.08. The van der Waals surface area contributed by atoms with Crippen LogP contribution in [0.4, 0.5) is 11.6 Å². The molecule has 0 aliphatic rings. The molecule has 1 aromatic carbocycles. The Bertz CT molecular complexity index is 672. The van der Waals surface area contributed by atoms with Gasteiger partial charge in [0, 0.05) is 6.07 Å². The number of aryl methyl sites for hydroxylation is 2. The highest BCUT2D eigenvalue weighted by atomic mass is 35.5. The monoisotopic (exact) mass is 295 g/mol. The Hall–Kier alpha value is -2.48. The summed E-state index contributed by atoms with van der Waals surface area (Å²) in [5.74, 6) is -0.0883. The van der Waals surface area contributed by atoms with Crippen molar-refractivity contribution >= 4 is 23.2 Å². The summed E-state index contributed by atoms with van der Waals surface area (Å²) in [6, 6.07) is 2.95. The number of hydrogen-bond acceptors (Lipinski definition) is 7. The van der Waals surface area contributed by atoms with Gasteiger partial charge in [0.2, 0.25) is 17.0 Å². The van der Waals surface area contributed by atoms with Crippen LogP contribution in [0.15, 0.2) is 12.1 Å². The summed E-state index contributed by atoms with van der Waals surface area (Å²) in [5, 5.41) is 10.9. The first-order chi connectivity index (χ1) is 9.36. The minimum atomic E-state index is -0.540. The quantitative estimate of drug-likeness (QED) is 0.682. The summed E-state index contributed by atoms with van der Waals surface area (Å²) < 4.78 is 5.35. The van der Waals surface area contributed by atoms with Gasteiger partial charge in [0.15, 0.2) is 0 Å². The molecule has 20 heavy (non-hydrogen) atoms. The second-order valence-electron chi connectivity index (χ2n) is 4.03. The summed E-state index contributed by atoms with van der Waals surface area (Å²) >= 11 is 5.63. The van der Waals surface area contributed by atoms with Gasteiger partial charge >= 0.3 is 11.7 Å². The van der Waals surface area contributed by atoms with Gasteiger partial charge in [-0.25, -0.2) is 0 Å². The molecule has 0 atom stereocenters. The summed E-state index contributed by atoms with van der Waals surface area (Å²) in [7, 11) is 0. The molecule has 0 saturated carbocycles. The highest BCUT2D eigenvalue weighted by Crippen LogP contribution is 2.34. The number of nitro groups is 1. The van der Waals surface area contributed by atoms with Gasteiger partial charge in [0.25, 0.3) is 0 Å². The van der Waals surface area contributed by atoms with E-state index in [-0.39, 0.29) is 28.7 Å². The molecule has 0 aliphatic heterocycles. The first-order valence-electron chi connectivity index (χ1n) is 5.47. The largest absolute Gasteiger partial charge is 0.416 e. The Labute approximate surface area is 118 Å². The van der Waals surface area contributed by atoms with Crippen LogP contribution in [0.25, 0.3) is 0 Å². The van der Waals surface area contributed by atoms with Crippen molar-refractivity contribution in [2.45, 2.75) is 13.8 Å². The van der Waals surface area contributed by atoms with E-state index in [1.807, 2.05) is 0 Å². The van der Waals surface area contributed by atoms with Crippen LogP contribution in [0, 0.1) is 24.0 Å². The molecule has 0 fully saturated rings. The zero-order chi connectivity index (χ0) is 14.9. The molecule has 0 bridgehead atoms. The number of hydrogen-bond donors (Lipinski definition) is 1. The van der Waals surface area contributed by atoms with E-state index in [0.717, 1.165) is 5.56 Å². The van der Waals surface area contributed by atoms with Crippen LogP contribution in [0.5, 0.6) is 11.8 Å². The fraction of sp³-hybridized carbons (Fsp3) is 0.182. The first kappa shape index (κ1) is 13.9. The topological polar surface area (TPSA) is 117 Å². The molecule has 104 valence electrons. The highest BCUT2D eigenvalue weighted by molar-refractivity contribution is 6.28. The number of nitro benzene ring substituents is 1. The summed E-state index contributed by atoms with van der Waals surface area (Å²) in [6.07, 6.45) is 0. The van der Waals surface area contributed by atoms with Gasteiger partial charge in [0.1, 0.15) is 0 Å². The molecule has 2 aromatic rings. The second kappa shape index (κ2) is 5.25. The Morgan fingerprint density at radius 1 is 1.30 bits per heavy atom. The van der Waals surface area contributed by atoms with E-state index < -0.39 is 4.92 Å². The van der Waals surface area contributed by atoms with Crippen molar-refractivity contribution in [1.82, 2.24) is 15.0 Å². The lowest BCUT2D eigenvalue weighted by atomic mass is 10.1. The van der Waals surface area contributed by atoms with Crippen molar-refractivity contribution in [3.63, 3.8) is 0 Å². The zero-order valence-electron chi connectivity index (χ0n) is 10.6. The molecule has 0 aliphatic carbocycles. The predicted octanol–water partition coefficient (Wildman–Crippen LogP) is 2.42. The number of nitrogen functional groups attached to an aromatic ring is 1. The number of nitrogens with two attached hydrogens (primary N) is 1. The Morgan fingerprint density at radius 3 is 2.60 bits per heavy atom. The SMILES string of the molecule is Cc1cc(C)c(Oc2nc(N)nc(Cl)n2)c([N+](=O)[O-])c1. The maximum Gasteiger partial charge on any atom is 0.328 e. The molecule has 1 aromatic heterocycles. The van der Waals surface area contributed by atoms with Crippen LogP contribution in [-0.2, 0) is 0 Å². The molecule has 0 saturated heterocycles. The van der Waals surface area contributed by atoms with Crippen molar-refractivity contribution in [3.8, 4) is 11.8 Å². The molecular weight excluding hydrogens is 286 g/mol. The summed E-state index contributed by atoms with van der Waals surface area (Å²) in [6.45, 7) is 3.43. The number of benzene rings is 1. The zero-order valence-corrected chi connectivity index (χ0v) is 11.4. The van der Waals surface area contributed by atoms with Crippen molar-refractivity contribution in [3.05, 3.63) is 38.7 Å². The average Bonchev–Trinajstić information content (AvgIpc) is 2.30. The number of halogens is 1. The molecule has 9 heteroatoms. The van der Waals surface area contributed by atoms with E-state index >= 15 is 0 Å². The van der Waals surface area contributed by atoms with Crippen molar-refractivity contribution < 1.29 is 9.66 Å². The fourth-order valence-electron chi connectivity index (χ4n) is 1.68. The maximum atomic E-state index is 11.1. The van der Waals surface area contributed by atoms with Crippen LogP contribution in [0.2, 0.25) is 5.28 Å². The molecule has 1 heterocycles. The lowest BCUT2D eigenvalue weighted by molar-refractivity contribution is -0.385. The van der Waals surface area contributed by atoms with Crippen LogP contribution in [0.3, 0.4) is 0 Å². The number of ether oxygens (including phenoxy) is 1. The third-order valence-corrected chi connectivity index (χ3v) is 2.56. The summed E-state index contributed by atoms with van der Waals surface area (Å²) in [5.41, 5.74) is 6.55. The predicted molar refractivity (Wildman–Crippen MR) is 71.9 cm³/mol. The van der Waals surface area contributed by atoms with Crippen LogP contribution >= 0.6 is 11.6 Å². The molecule has 0 radical (unpaired) electrons. The van der Waals surface area contributed by atoms with Crippen molar-refractivity contribution in [2.24, 2.45) is 0 Å². The molecule has 0 unspecified atom stereocenters. The van der Waals surface area contributed by atoms with Gasteiger partial charge in [-0.3, -0.25) is 10.1 Å². The molecule has 2 N–H and O–H groups in total. The van der Waals surface area contributed by atoms with Gasteiger partial charge in [-0.15, -0.1) is 0 Å². The fourth-order valence-corrected chi connectivity index (χ4v) is 1.84. The van der Waals surface area contributed by atoms with E-state index in [9.17, 15) is 10.1 Å². The van der Waals surface area contributed by atoms with Gasteiger partial charge in [-0.05, 0) is 36.6 Å². The van der Waals surface area contributed by atoms with E-state index in [4.69, 9.17) is 22.1 Å². The first-order valence-corrected chi connectivity index (χ1v) is 5.85. The molecule has 2 rings (SSSR count). The summed E-state index contributed by atoms with van der Waals surface area (Å²) in [4.78, 5) is 21.5.